The Balaban J connectivity index is 2.42. The molecule has 0 saturated carbocycles. The zero-order chi connectivity index (χ0) is 13.6. The fourth-order valence-electron chi connectivity index (χ4n) is 2.65. The van der Waals surface area contributed by atoms with E-state index in [0.29, 0.717) is 30.1 Å². The smallest absolute Gasteiger partial charge is 0.222 e. The van der Waals surface area contributed by atoms with Crippen molar-refractivity contribution in [2.75, 3.05) is 13.1 Å². The Hall–Kier alpha value is -1.04. The first-order valence-corrected chi connectivity index (χ1v) is 7.10. The summed E-state index contributed by atoms with van der Waals surface area (Å²) in [6.45, 7) is 8.53. The van der Waals surface area contributed by atoms with E-state index < -0.39 is 0 Å². The molecular weight excluding hydrogens is 224 g/mol. The topological polar surface area (TPSA) is 44.1 Å². The molecule has 0 radical (unpaired) electrons. The number of unbranched alkanes of at least 4 members (excludes halogenated alkanes) is 2. The molecule has 0 aromatic rings. The first-order valence-electron chi connectivity index (χ1n) is 7.10. The summed E-state index contributed by atoms with van der Waals surface area (Å²) < 4.78 is 0. The quantitative estimate of drug-likeness (QED) is 0.718. The van der Waals surface area contributed by atoms with E-state index in [9.17, 15) is 4.79 Å². The van der Waals surface area contributed by atoms with Crippen molar-refractivity contribution < 1.29 is 4.79 Å². The van der Waals surface area contributed by atoms with Gasteiger partial charge in [0, 0.05) is 25.9 Å². The minimum absolute atomic E-state index is 0.303. The maximum Gasteiger partial charge on any atom is 0.222 e. The predicted octanol–water partition coefficient (Wildman–Crippen LogP) is 3.36. The minimum atomic E-state index is 0.303. The van der Waals surface area contributed by atoms with Gasteiger partial charge in [-0.25, -0.2) is 0 Å². The summed E-state index contributed by atoms with van der Waals surface area (Å²) in [5.74, 6) is 0.948. The van der Waals surface area contributed by atoms with Crippen LogP contribution < -0.4 is 0 Å². The minimum Gasteiger partial charge on any atom is -0.343 e. The van der Waals surface area contributed by atoms with Gasteiger partial charge in [-0.2, -0.15) is 5.26 Å². The molecule has 3 nitrogen and oxygen atoms in total. The molecule has 0 bridgehead atoms. The molecule has 1 unspecified atom stereocenters. The molecule has 0 aromatic heterocycles. The third-order valence-corrected chi connectivity index (χ3v) is 4.00. The third-order valence-electron chi connectivity index (χ3n) is 4.00. The van der Waals surface area contributed by atoms with Gasteiger partial charge in [-0.05, 0) is 37.0 Å². The number of hydrogen-bond acceptors (Lipinski definition) is 2. The van der Waals surface area contributed by atoms with Crippen LogP contribution in [0.15, 0.2) is 0 Å². The summed E-state index contributed by atoms with van der Waals surface area (Å²) in [6.07, 6.45) is 5.31. The van der Waals surface area contributed by atoms with E-state index >= 15 is 0 Å². The zero-order valence-electron chi connectivity index (χ0n) is 12.0. The molecule has 0 N–H and O–H groups in total. The second kappa shape index (κ2) is 6.78. The van der Waals surface area contributed by atoms with Crippen LogP contribution in [0, 0.1) is 22.7 Å². The molecule has 3 heteroatoms. The second-order valence-electron chi connectivity index (χ2n) is 6.39. The van der Waals surface area contributed by atoms with Crippen molar-refractivity contribution in [1.29, 1.82) is 5.26 Å². The molecule has 0 aliphatic carbocycles. The highest BCUT2D eigenvalue weighted by Gasteiger charge is 2.29. The number of nitriles is 1. The highest BCUT2D eigenvalue weighted by atomic mass is 16.2. The van der Waals surface area contributed by atoms with Crippen molar-refractivity contribution in [2.24, 2.45) is 11.3 Å². The Labute approximate surface area is 111 Å². The van der Waals surface area contributed by atoms with Gasteiger partial charge in [0.15, 0.2) is 0 Å². The van der Waals surface area contributed by atoms with Gasteiger partial charge in [0.2, 0.25) is 5.91 Å². The monoisotopic (exact) mass is 250 g/mol. The summed E-state index contributed by atoms with van der Waals surface area (Å²) in [5, 5.41) is 8.49. The van der Waals surface area contributed by atoms with Gasteiger partial charge in [0.25, 0.3) is 0 Å². The lowest BCUT2D eigenvalue weighted by Crippen LogP contribution is -2.31. The van der Waals surface area contributed by atoms with E-state index in [2.05, 4.69) is 26.8 Å². The van der Waals surface area contributed by atoms with Gasteiger partial charge in [-0.1, -0.05) is 20.8 Å². The molecule has 1 saturated heterocycles. The van der Waals surface area contributed by atoms with Crippen LogP contribution in [0.25, 0.3) is 0 Å². The van der Waals surface area contributed by atoms with E-state index in [1.165, 1.54) is 0 Å². The van der Waals surface area contributed by atoms with Crippen LogP contribution in [0.1, 0.15) is 59.3 Å². The molecule has 1 aliphatic rings. The average molecular weight is 250 g/mol. The Morgan fingerprint density at radius 1 is 1.33 bits per heavy atom. The highest BCUT2D eigenvalue weighted by Crippen LogP contribution is 2.34. The van der Waals surface area contributed by atoms with Gasteiger partial charge in [-0.15, -0.1) is 0 Å². The molecule has 1 atom stereocenters. The normalized spacial score (nSPS) is 21.6. The van der Waals surface area contributed by atoms with Gasteiger partial charge >= 0.3 is 0 Å². The molecule has 0 spiro atoms. The lowest BCUT2D eigenvalue weighted by molar-refractivity contribution is -0.130. The summed E-state index contributed by atoms with van der Waals surface area (Å²) in [7, 11) is 0. The lowest BCUT2D eigenvalue weighted by Gasteiger charge is -2.29. The number of carbonyl (C=O) groups is 1. The maximum atomic E-state index is 12.0. The van der Waals surface area contributed by atoms with E-state index in [4.69, 9.17) is 5.26 Å². The van der Waals surface area contributed by atoms with Crippen molar-refractivity contribution in [3.8, 4) is 6.07 Å². The van der Waals surface area contributed by atoms with E-state index in [0.717, 1.165) is 38.8 Å². The van der Waals surface area contributed by atoms with E-state index in [1.807, 2.05) is 4.90 Å². The van der Waals surface area contributed by atoms with Crippen molar-refractivity contribution in [3.63, 3.8) is 0 Å². The maximum absolute atomic E-state index is 12.0. The average Bonchev–Trinajstić information content (AvgIpc) is 2.47. The molecular formula is C15H26N2O. The number of rotatable bonds is 4. The van der Waals surface area contributed by atoms with Crippen LogP contribution >= 0.6 is 0 Å². The second-order valence-corrected chi connectivity index (χ2v) is 6.39. The molecule has 1 amide bonds. The van der Waals surface area contributed by atoms with Crippen LogP contribution in [0.2, 0.25) is 0 Å². The van der Waals surface area contributed by atoms with Crippen LogP contribution in [-0.2, 0) is 4.79 Å². The Kier molecular flexibility index (Phi) is 5.65. The van der Waals surface area contributed by atoms with Gasteiger partial charge in [0.05, 0.1) is 6.07 Å². The lowest BCUT2D eigenvalue weighted by atomic mass is 9.77. The SMILES string of the molecule is CC(C)(C)C1CCC(=O)N(CCCCC#N)CC1. The van der Waals surface area contributed by atoms with Gasteiger partial charge in [-0.3, -0.25) is 4.79 Å². The van der Waals surface area contributed by atoms with E-state index in [1.54, 1.807) is 0 Å². The summed E-state index contributed by atoms with van der Waals surface area (Å²) in [5.41, 5.74) is 0.303. The first kappa shape index (κ1) is 15.0. The number of likely N-dealkylation sites (tertiary alicyclic amines) is 1. The number of carbonyl (C=O) groups excluding carboxylic acids is 1. The molecule has 1 rings (SSSR count). The standard InChI is InChI=1S/C15H26N2O/c1-15(2,3)13-7-8-14(18)17(12-9-13)11-6-4-5-10-16/h13H,4-9,11-12H2,1-3H3. The first-order chi connectivity index (χ1) is 8.45. The van der Waals surface area contributed by atoms with Crippen molar-refractivity contribution >= 4 is 5.91 Å². The zero-order valence-corrected chi connectivity index (χ0v) is 12.0. The molecule has 0 aromatic carbocycles. The van der Waals surface area contributed by atoms with Gasteiger partial charge < -0.3 is 4.90 Å². The summed E-state index contributed by atoms with van der Waals surface area (Å²) in [6, 6.07) is 2.15. The van der Waals surface area contributed by atoms with Crippen LogP contribution in [0.3, 0.4) is 0 Å². The van der Waals surface area contributed by atoms with Crippen molar-refractivity contribution in [2.45, 2.75) is 59.3 Å². The number of hydrogen-bond donors (Lipinski definition) is 0. The molecule has 1 heterocycles. The summed E-state index contributed by atoms with van der Waals surface area (Å²) in [4.78, 5) is 14.0. The molecule has 102 valence electrons. The Bertz CT molecular complexity index is 311. The number of nitrogens with zero attached hydrogens (tertiary/aromatic N) is 2. The predicted molar refractivity (Wildman–Crippen MR) is 72.8 cm³/mol. The summed E-state index contributed by atoms with van der Waals surface area (Å²) >= 11 is 0. The largest absolute Gasteiger partial charge is 0.343 e. The highest BCUT2D eigenvalue weighted by molar-refractivity contribution is 5.76. The van der Waals surface area contributed by atoms with Gasteiger partial charge in [0.1, 0.15) is 0 Å². The van der Waals surface area contributed by atoms with Crippen LogP contribution in [0.5, 0.6) is 0 Å². The fourth-order valence-corrected chi connectivity index (χ4v) is 2.65. The Morgan fingerprint density at radius 3 is 2.67 bits per heavy atom. The van der Waals surface area contributed by atoms with Crippen molar-refractivity contribution in [1.82, 2.24) is 4.90 Å². The molecule has 18 heavy (non-hydrogen) atoms. The molecule has 1 aliphatic heterocycles. The van der Waals surface area contributed by atoms with E-state index in [-0.39, 0.29) is 0 Å². The van der Waals surface area contributed by atoms with Crippen LogP contribution in [-0.4, -0.2) is 23.9 Å². The Morgan fingerprint density at radius 2 is 2.06 bits per heavy atom. The fraction of sp³-hybridized carbons (Fsp3) is 0.867. The van der Waals surface area contributed by atoms with Crippen LogP contribution in [0.4, 0.5) is 0 Å². The molecule has 1 fully saturated rings. The number of amides is 1. The van der Waals surface area contributed by atoms with Crippen molar-refractivity contribution in [3.05, 3.63) is 0 Å². The third kappa shape index (κ3) is 4.68.